The molecular formula is C2H5ClO4S2. The second kappa shape index (κ2) is 2.43. The van der Waals surface area contributed by atoms with E-state index in [1.54, 1.807) is 0 Å². The molecule has 0 saturated heterocycles. The second-order valence-corrected chi connectivity index (χ2v) is 6.87. The molecule has 0 aromatic heterocycles. The second-order valence-electron chi connectivity index (χ2n) is 1.58. The molecule has 4 nitrogen and oxygen atoms in total. The van der Waals surface area contributed by atoms with E-state index in [0.717, 1.165) is 6.26 Å². The lowest BCUT2D eigenvalue weighted by molar-refractivity contribution is 0.599. The van der Waals surface area contributed by atoms with E-state index in [-0.39, 0.29) is 0 Å². The lowest BCUT2D eigenvalue weighted by Gasteiger charge is -1.89. The summed E-state index contributed by atoms with van der Waals surface area (Å²) in [5.74, 6) is 0. The largest absolute Gasteiger partial charge is 0.246 e. The summed E-state index contributed by atoms with van der Waals surface area (Å²) in [5.41, 5.74) is 0. The predicted molar refractivity (Wildman–Crippen MR) is 34.5 cm³/mol. The number of sulfone groups is 1. The van der Waals surface area contributed by atoms with Gasteiger partial charge in [-0.1, -0.05) is 0 Å². The van der Waals surface area contributed by atoms with Crippen molar-refractivity contribution < 1.29 is 16.8 Å². The van der Waals surface area contributed by atoms with Gasteiger partial charge in [0.1, 0.15) is 0 Å². The minimum Gasteiger partial charge on any atom is -0.228 e. The SMILES string of the molecule is CS(=O)(=O)CS(=O)(=O)Cl. The molecule has 0 atom stereocenters. The average Bonchev–Trinajstić information content (AvgIpc) is 1.14. The van der Waals surface area contributed by atoms with Gasteiger partial charge >= 0.3 is 0 Å². The Hall–Kier alpha value is 0.190. The molecule has 0 radical (unpaired) electrons. The zero-order valence-corrected chi connectivity index (χ0v) is 6.92. The van der Waals surface area contributed by atoms with Crippen LogP contribution in [0.3, 0.4) is 0 Å². The van der Waals surface area contributed by atoms with Gasteiger partial charge in [0.15, 0.2) is 14.9 Å². The van der Waals surface area contributed by atoms with E-state index < -0.39 is 24.0 Å². The zero-order chi connectivity index (χ0) is 7.71. The van der Waals surface area contributed by atoms with Crippen LogP contribution in [0.1, 0.15) is 0 Å². The molecule has 56 valence electrons. The molecule has 0 spiro atoms. The number of halogens is 1. The summed E-state index contributed by atoms with van der Waals surface area (Å²) in [4.78, 5) is 0. The fraction of sp³-hybridized carbons (Fsp3) is 1.00. The summed E-state index contributed by atoms with van der Waals surface area (Å²) in [7, 11) is -2.79. The van der Waals surface area contributed by atoms with E-state index in [4.69, 9.17) is 0 Å². The molecule has 0 heterocycles. The van der Waals surface area contributed by atoms with Gasteiger partial charge in [0.25, 0.3) is 0 Å². The highest BCUT2D eigenvalue weighted by atomic mass is 35.7. The van der Waals surface area contributed by atoms with Crippen molar-refractivity contribution in [2.24, 2.45) is 0 Å². The van der Waals surface area contributed by atoms with Crippen molar-refractivity contribution in [2.45, 2.75) is 0 Å². The van der Waals surface area contributed by atoms with Gasteiger partial charge in [0, 0.05) is 16.9 Å². The zero-order valence-electron chi connectivity index (χ0n) is 4.53. The number of hydrogen-bond acceptors (Lipinski definition) is 4. The Bertz CT molecular complexity index is 242. The first-order valence-electron chi connectivity index (χ1n) is 1.81. The fourth-order valence-corrected chi connectivity index (χ4v) is 3.76. The quantitative estimate of drug-likeness (QED) is 0.557. The Balaban J connectivity index is 4.46. The highest BCUT2D eigenvalue weighted by molar-refractivity contribution is 8.21. The van der Waals surface area contributed by atoms with Crippen LogP contribution in [0.15, 0.2) is 0 Å². The first-order chi connectivity index (χ1) is 3.71. The minimum absolute atomic E-state index is 0.799. The minimum atomic E-state index is -3.90. The molecule has 0 N–H and O–H groups in total. The lowest BCUT2D eigenvalue weighted by atomic mass is 11.9. The lowest BCUT2D eigenvalue weighted by Crippen LogP contribution is -2.09. The van der Waals surface area contributed by atoms with Gasteiger partial charge in [-0.25, -0.2) is 16.8 Å². The van der Waals surface area contributed by atoms with E-state index >= 15 is 0 Å². The molecule has 0 aromatic rings. The molecule has 0 bridgehead atoms. The third-order valence-electron chi connectivity index (χ3n) is 0.355. The number of rotatable bonds is 2. The van der Waals surface area contributed by atoms with Crippen molar-refractivity contribution in [1.29, 1.82) is 0 Å². The van der Waals surface area contributed by atoms with Gasteiger partial charge in [0.2, 0.25) is 9.05 Å². The van der Waals surface area contributed by atoms with Crippen molar-refractivity contribution in [3.05, 3.63) is 0 Å². The highest BCUT2D eigenvalue weighted by Crippen LogP contribution is 1.99. The Kier molecular flexibility index (Phi) is 2.48. The summed E-state index contributed by atoms with van der Waals surface area (Å²) in [6.07, 6.45) is 0.799. The Morgan fingerprint density at radius 1 is 1.22 bits per heavy atom. The van der Waals surface area contributed by atoms with Crippen LogP contribution in [0.25, 0.3) is 0 Å². The van der Waals surface area contributed by atoms with Gasteiger partial charge < -0.3 is 0 Å². The summed E-state index contributed by atoms with van der Waals surface area (Å²) < 4.78 is 40.4. The smallest absolute Gasteiger partial charge is 0.228 e. The monoisotopic (exact) mass is 192 g/mol. The van der Waals surface area contributed by atoms with Crippen molar-refractivity contribution in [2.75, 3.05) is 11.3 Å². The first-order valence-corrected chi connectivity index (χ1v) is 6.35. The number of hydrogen-bond donors (Lipinski definition) is 0. The maximum Gasteiger partial charge on any atom is 0.246 e. The molecule has 0 aromatic carbocycles. The van der Waals surface area contributed by atoms with Gasteiger partial charge in [0.05, 0.1) is 0 Å². The van der Waals surface area contributed by atoms with E-state index in [2.05, 4.69) is 10.7 Å². The Labute approximate surface area is 58.2 Å². The van der Waals surface area contributed by atoms with Gasteiger partial charge in [-0.3, -0.25) is 0 Å². The average molecular weight is 193 g/mol. The molecule has 0 amide bonds. The van der Waals surface area contributed by atoms with Crippen molar-refractivity contribution in [1.82, 2.24) is 0 Å². The van der Waals surface area contributed by atoms with Crippen molar-refractivity contribution in [3.63, 3.8) is 0 Å². The fourth-order valence-electron chi connectivity index (χ4n) is 0.256. The van der Waals surface area contributed by atoms with Crippen LogP contribution in [0.4, 0.5) is 0 Å². The van der Waals surface area contributed by atoms with Gasteiger partial charge in [-0.05, 0) is 0 Å². The predicted octanol–water partition coefficient (Wildman–Crippen LogP) is -0.443. The van der Waals surface area contributed by atoms with Crippen molar-refractivity contribution in [3.8, 4) is 0 Å². The molecule has 0 aliphatic heterocycles. The summed E-state index contributed by atoms with van der Waals surface area (Å²) in [6, 6.07) is 0. The maximum atomic E-state index is 10.2. The molecule has 0 rings (SSSR count). The first kappa shape index (κ1) is 9.19. The van der Waals surface area contributed by atoms with Crippen LogP contribution < -0.4 is 0 Å². The molecule has 0 fully saturated rings. The van der Waals surface area contributed by atoms with Crippen LogP contribution in [0.2, 0.25) is 0 Å². The third-order valence-corrected chi connectivity index (χ3v) is 4.00. The normalized spacial score (nSPS) is 13.6. The molecule has 0 aliphatic rings. The van der Waals surface area contributed by atoms with Crippen LogP contribution in [0, 0.1) is 0 Å². The maximum absolute atomic E-state index is 10.2. The van der Waals surface area contributed by atoms with E-state index in [1.807, 2.05) is 0 Å². The molecule has 7 heteroatoms. The van der Waals surface area contributed by atoms with Crippen LogP contribution in [0.5, 0.6) is 0 Å². The van der Waals surface area contributed by atoms with Gasteiger partial charge in [-0.15, -0.1) is 0 Å². The van der Waals surface area contributed by atoms with Crippen LogP contribution in [-0.2, 0) is 18.9 Å². The Morgan fingerprint density at radius 2 is 1.56 bits per heavy atom. The molecule has 0 unspecified atom stereocenters. The topological polar surface area (TPSA) is 68.3 Å². The molecular weight excluding hydrogens is 188 g/mol. The van der Waals surface area contributed by atoms with Crippen LogP contribution >= 0.6 is 10.7 Å². The highest BCUT2D eigenvalue weighted by Gasteiger charge is 2.13. The summed E-state index contributed by atoms with van der Waals surface area (Å²) in [6.45, 7) is 0. The Morgan fingerprint density at radius 3 is 1.56 bits per heavy atom. The third kappa shape index (κ3) is 8.19. The molecule has 9 heavy (non-hydrogen) atoms. The molecule has 0 saturated carbocycles. The van der Waals surface area contributed by atoms with E-state index in [0.29, 0.717) is 0 Å². The summed E-state index contributed by atoms with van der Waals surface area (Å²) in [5, 5.41) is -0.998. The standard InChI is InChI=1S/C2H5ClO4S2/c1-8(4,5)2-9(3,6)7/h2H2,1H3. The van der Waals surface area contributed by atoms with Gasteiger partial charge in [-0.2, -0.15) is 0 Å². The molecule has 0 aliphatic carbocycles. The van der Waals surface area contributed by atoms with Crippen molar-refractivity contribution >= 4 is 29.6 Å². The van der Waals surface area contributed by atoms with Crippen LogP contribution in [-0.4, -0.2) is 28.2 Å². The van der Waals surface area contributed by atoms with E-state index in [1.165, 1.54) is 0 Å². The summed E-state index contributed by atoms with van der Waals surface area (Å²) >= 11 is 0. The van der Waals surface area contributed by atoms with E-state index in [9.17, 15) is 16.8 Å².